The van der Waals surface area contributed by atoms with Crippen molar-refractivity contribution < 1.29 is 9.32 Å². The third-order valence-corrected chi connectivity index (χ3v) is 6.06. The molecule has 0 radical (unpaired) electrons. The standard InChI is InChI=1S/C21H25ClN6O2/c1-13-5-7-16(8-6-13)19-23-20(30-25-19)15(3)27-9-11-28(12-10-27)21(29)17-14(2)24-26(4)18(17)22/h5-8,15H,9-12H2,1-4H3. The molecule has 0 aliphatic carbocycles. The van der Waals surface area contributed by atoms with Gasteiger partial charge in [0.1, 0.15) is 5.15 Å². The summed E-state index contributed by atoms with van der Waals surface area (Å²) in [6.07, 6.45) is 0. The van der Waals surface area contributed by atoms with E-state index >= 15 is 0 Å². The zero-order valence-electron chi connectivity index (χ0n) is 17.6. The third kappa shape index (κ3) is 3.85. The topological polar surface area (TPSA) is 80.3 Å². The highest BCUT2D eigenvalue weighted by atomic mass is 35.5. The number of hydrogen-bond donors (Lipinski definition) is 0. The van der Waals surface area contributed by atoms with Crippen LogP contribution in [0.1, 0.15) is 40.5 Å². The summed E-state index contributed by atoms with van der Waals surface area (Å²) in [5.74, 6) is 1.10. The van der Waals surface area contributed by atoms with Crippen LogP contribution in [0.25, 0.3) is 11.4 Å². The van der Waals surface area contributed by atoms with Gasteiger partial charge in [0.05, 0.1) is 17.3 Å². The van der Waals surface area contributed by atoms with Gasteiger partial charge in [-0.25, -0.2) is 0 Å². The molecule has 1 aromatic carbocycles. The van der Waals surface area contributed by atoms with E-state index in [1.165, 1.54) is 10.2 Å². The van der Waals surface area contributed by atoms with Crippen LogP contribution in [-0.2, 0) is 7.05 Å². The van der Waals surface area contributed by atoms with Gasteiger partial charge in [-0.15, -0.1) is 0 Å². The molecule has 1 fully saturated rings. The first-order chi connectivity index (χ1) is 14.3. The van der Waals surface area contributed by atoms with E-state index in [9.17, 15) is 4.79 Å². The molecule has 0 N–H and O–H groups in total. The Morgan fingerprint density at radius 1 is 1.13 bits per heavy atom. The van der Waals surface area contributed by atoms with Crippen LogP contribution in [0.5, 0.6) is 0 Å². The fourth-order valence-corrected chi connectivity index (χ4v) is 3.98. The van der Waals surface area contributed by atoms with Crippen LogP contribution in [0.2, 0.25) is 5.15 Å². The van der Waals surface area contributed by atoms with Crippen LogP contribution in [0.4, 0.5) is 0 Å². The fraction of sp³-hybridized carbons (Fsp3) is 0.429. The smallest absolute Gasteiger partial charge is 0.258 e. The molecule has 158 valence electrons. The molecule has 1 aliphatic heterocycles. The summed E-state index contributed by atoms with van der Waals surface area (Å²) in [5, 5.41) is 8.75. The number of benzene rings is 1. The highest BCUT2D eigenvalue weighted by Crippen LogP contribution is 2.25. The molecule has 1 atom stereocenters. The van der Waals surface area contributed by atoms with Gasteiger partial charge in [-0.2, -0.15) is 10.1 Å². The first kappa shape index (κ1) is 20.6. The van der Waals surface area contributed by atoms with Gasteiger partial charge in [0, 0.05) is 38.8 Å². The molecular formula is C21H25ClN6O2. The van der Waals surface area contributed by atoms with Crippen LogP contribution in [0.15, 0.2) is 28.8 Å². The minimum Gasteiger partial charge on any atom is -0.337 e. The van der Waals surface area contributed by atoms with Crippen LogP contribution in [-0.4, -0.2) is 61.8 Å². The molecule has 9 heteroatoms. The zero-order valence-corrected chi connectivity index (χ0v) is 18.3. The second-order valence-corrected chi connectivity index (χ2v) is 8.06. The lowest BCUT2D eigenvalue weighted by atomic mass is 10.1. The molecule has 1 amide bonds. The van der Waals surface area contributed by atoms with Crippen molar-refractivity contribution in [2.75, 3.05) is 26.2 Å². The van der Waals surface area contributed by atoms with E-state index in [-0.39, 0.29) is 11.9 Å². The zero-order chi connectivity index (χ0) is 21.4. The van der Waals surface area contributed by atoms with Crippen molar-refractivity contribution in [2.24, 2.45) is 7.05 Å². The molecule has 8 nitrogen and oxygen atoms in total. The Labute approximate surface area is 180 Å². The van der Waals surface area contributed by atoms with E-state index < -0.39 is 0 Å². The quantitative estimate of drug-likeness (QED) is 0.634. The molecule has 0 spiro atoms. The van der Waals surface area contributed by atoms with E-state index in [1.54, 1.807) is 14.0 Å². The maximum atomic E-state index is 12.9. The van der Waals surface area contributed by atoms with Crippen LogP contribution in [0.3, 0.4) is 0 Å². The largest absolute Gasteiger partial charge is 0.337 e. The monoisotopic (exact) mass is 428 g/mol. The minimum atomic E-state index is -0.0719. The lowest BCUT2D eigenvalue weighted by Crippen LogP contribution is -2.49. The van der Waals surface area contributed by atoms with E-state index in [0.717, 1.165) is 5.56 Å². The van der Waals surface area contributed by atoms with Gasteiger partial charge in [-0.3, -0.25) is 14.4 Å². The summed E-state index contributed by atoms with van der Waals surface area (Å²) < 4.78 is 7.06. The van der Waals surface area contributed by atoms with Crippen molar-refractivity contribution in [3.8, 4) is 11.4 Å². The van der Waals surface area contributed by atoms with Gasteiger partial charge in [0.15, 0.2) is 0 Å². The molecule has 1 saturated heterocycles. The molecule has 0 bridgehead atoms. The molecule has 0 saturated carbocycles. The molecule has 30 heavy (non-hydrogen) atoms. The van der Waals surface area contributed by atoms with Crippen LogP contribution < -0.4 is 0 Å². The van der Waals surface area contributed by atoms with Gasteiger partial charge in [-0.1, -0.05) is 46.6 Å². The van der Waals surface area contributed by atoms with Gasteiger partial charge in [0.25, 0.3) is 5.91 Å². The minimum absolute atomic E-state index is 0.0299. The average molecular weight is 429 g/mol. The lowest BCUT2D eigenvalue weighted by molar-refractivity contribution is 0.0551. The summed E-state index contributed by atoms with van der Waals surface area (Å²) in [7, 11) is 1.74. The Balaban J connectivity index is 1.40. The van der Waals surface area contributed by atoms with Crippen molar-refractivity contribution in [2.45, 2.75) is 26.8 Å². The van der Waals surface area contributed by atoms with Gasteiger partial charge in [0.2, 0.25) is 11.7 Å². The average Bonchev–Trinajstić information content (AvgIpc) is 3.33. The summed E-state index contributed by atoms with van der Waals surface area (Å²) in [4.78, 5) is 21.6. The second kappa shape index (κ2) is 8.20. The second-order valence-electron chi connectivity index (χ2n) is 7.70. The molecule has 1 aliphatic rings. The highest BCUT2D eigenvalue weighted by molar-refractivity contribution is 6.33. The Kier molecular flexibility index (Phi) is 5.62. The number of rotatable bonds is 4. The van der Waals surface area contributed by atoms with Crippen molar-refractivity contribution in [1.82, 2.24) is 29.7 Å². The maximum absolute atomic E-state index is 12.9. The molecule has 3 aromatic rings. The van der Waals surface area contributed by atoms with Crippen molar-refractivity contribution in [3.63, 3.8) is 0 Å². The Hall–Kier alpha value is -2.71. The number of carbonyl (C=O) groups is 1. The third-order valence-electron chi connectivity index (χ3n) is 5.62. The summed E-state index contributed by atoms with van der Waals surface area (Å²) >= 11 is 6.26. The maximum Gasteiger partial charge on any atom is 0.258 e. The normalized spacial score (nSPS) is 16.1. The van der Waals surface area contributed by atoms with Crippen LogP contribution >= 0.6 is 11.6 Å². The molecule has 4 rings (SSSR count). The number of carbonyl (C=O) groups excluding carboxylic acids is 1. The molecule has 3 heterocycles. The van der Waals surface area contributed by atoms with E-state index in [0.29, 0.717) is 54.3 Å². The molecular weight excluding hydrogens is 404 g/mol. The number of hydrogen-bond acceptors (Lipinski definition) is 6. The Bertz CT molecular complexity index is 1050. The predicted molar refractivity (Wildman–Crippen MR) is 113 cm³/mol. The predicted octanol–water partition coefficient (Wildman–Crippen LogP) is 3.26. The number of amides is 1. The highest BCUT2D eigenvalue weighted by Gasteiger charge is 2.30. The number of aromatic nitrogens is 4. The van der Waals surface area contributed by atoms with Crippen molar-refractivity contribution in [1.29, 1.82) is 0 Å². The Morgan fingerprint density at radius 2 is 1.80 bits per heavy atom. The molecule has 1 unspecified atom stereocenters. The number of nitrogens with zero attached hydrogens (tertiary/aromatic N) is 6. The number of halogens is 1. The van der Waals surface area contributed by atoms with Crippen molar-refractivity contribution in [3.05, 3.63) is 52.1 Å². The summed E-state index contributed by atoms with van der Waals surface area (Å²) in [5.41, 5.74) is 3.26. The van der Waals surface area contributed by atoms with Crippen LogP contribution in [0, 0.1) is 13.8 Å². The number of piperazine rings is 1. The first-order valence-electron chi connectivity index (χ1n) is 9.98. The van der Waals surface area contributed by atoms with Gasteiger partial charge < -0.3 is 9.42 Å². The van der Waals surface area contributed by atoms with Gasteiger partial charge in [-0.05, 0) is 20.8 Å². The van der Waals surface area contributed by atoms with E-state index in [1.807, 2.05) is 43.0 Å². The SMILES string of the molecule is Cc1ccc(-c2noc(C(C)N3CCN(C(=O)c4c(C)nn(C)c4Cl)CC3)n2)cc1. The number of aryl methyl sites for hydroxylation is 3. The summed E-state index contributed by atoms with van der Waals surface area (Å²) in [6, 6.07) is 8.01. The van der Waals surface area contributed by atoms with E-state index in [4.69, 9.17) is 16.1 Å². The van der Waals surface area contributed by atoms with Crippen molar-refractivity contribution >= 4 is 17.5 Å². The fourth-order valence-electron chi connectivity index (χ4n) is 3.72. The summed E-state index contributed by atoms with van der Waals surface area (Å²) in [6.45, 7) is 8.53. The Morgan fingerprint density at radius 3 is 2.40 bits per heavy atom. The first-order valence-corrected chi connectivity index (χ1v) is 10.4. The van der Waals surface area contributed by atoms with E-state index in [2.05, 4.69) is 20.1 Å². The van der Waals surface area contributed by atoms with Gasteiger partial charge >= 0.3 is 0 Å². The lowest BCUT2D eigenvalue weighted by Gasteiger charge is -2.36. The molecule has 2 aromatic heterocycles.